The fourth-order valence-corrected chi connectivity index (χ4v) is 7.52. The zero-order chi connectivity index (χ0) is 34.2. The minimum absolute atomic E-state index is 0.129. The Morgan fingerprint density at radius 1 is 1.04 bits per heavy atom. The van der Waals surface area contributed by atoms with Crippen molar-refractivity contribution in [3.8, 4) is 0 Å². The summed E-state index contributed by atoms with van der Waals surface area (Å²) < 4.78 is 34.8. The predicted octanol–water partition coefficient (Wildman–Crippen LogP) is 1.08. The molecule has 3 heterocycles. The van der Waals surface area contributed by atoms with Crippen molar-refractivity contribution in [2.75, 3.05) is 30.9 Å². The van der Waals surface area contributed by atoms with Gasteiger partial charge in [0, 0.05) is 25.2 Å². The Morgan fingerprint density at radius 2 is 1.74 bits per heavy atom. The molecule has 0 aliphatic carbocycles. The van der Waals surface area contributed by atoms with Crippen molar-refractivity contribution in [3.05, 3.63) is 47.0 Å². The first-order valence-corrected chi connectivity index (χ1v) is 18.4. The summed E-state index contributed by atoms with van der Waals surface area (Å²) in [5.74, 6) is -1.37. The smallest absolute Gasteiger partial charge is 0.340 e. The second kappa shape index (κ2) is 16.4. The summed E-state index contributed by atoms with van der Waals surface area (Å²) >= 11 is 6.17. The van der Waals surface area contributed by atoms with E-state index in [1.165, 1.54) is 10.9 Å². The number of nitrogens with zero attached hydrogens (tertiary/aromatic N) is 4. The van der Waals surface area contributed by atoms with Gasteiger partial charge in [-0.05, 0) is 42.1 Å². The number of imidazole rings is 1. The van der Waals surface area contributed by atoms with Gasteiger partial charge >= 0.3 is 15.2 Å². The van der Waals surface area contributed by atoms with E-state index < -0.39 is 52.2 Å². The topological polar surface area (TPSA) is 268 Å². The number of fused-ring (bicyclic) bond motifs is 1. The number of benzene rings is 1. The third-order valence-corrected chi connectivity index (χ3v) is 10.7. The van der Waals surface area contributed by atoms with Crippen LogP contribution in [0, 0.1) is 0 Å². The molecule has 2 aromatic heterocycles. The van der Waals surface area contributed by atoms with E-state index in [9.17, 15) is 33.8 Å². The SMILES string of the molecule is O=CNCCCCCCNC(=O)c1ccc(CNc2nc(Cl)nc3c2ncn3[C@@H]2O[C@H](COP(=O)(O)CP(=O)(O)O)C(O)C2O)cc1. The van der Waals surface area contributed by atoms with Crippen LogP contribution in [0.15, 0.2) is 30.6 Å². The summed E-state index contributed by atoms with van der Waals surface area (Å²) in [6.45, 7) is 0.707. The van der Waals surface area contributed by atoms with Gasteiger partial charge in [-0.1, -0.05) is 25.0 Å². The van der Waals surface area contributed by atoms with E-state index in [1.807, 2.05) is 0 Å². The van der Waals surface area contributed by atoms with Gasteiger partial charge in [0.15, 0.2) is 29.1 Å². The van der Waals surface area contributed by atoms with Crippen molar-refractivity contribution in [2.24, 2.45) is 0 Å². The van der Waals surface area contributed by atoms with E-state index in [1.54, 1.807) is 24.3 Å². The van der Waals surface area contributed by atoms with Crippen LogP contribution in [0.25, 0.3) is 11.2 Å². The Bertz CT molecular complexity index is 1620. The van der Waals surface area contributed by atoms with Gasteiger partial charge in [0.2, 0.25) is 11.7 Å². The molecule has 0 saturated carbocycles. The Hall–Kier alpha value is -3.02. The first kappa shape index (κ1) is 36.8. The van der Waals surface area contributed by atoms with Gasteiger partial charge in [-0.2, -0.15) is 9.97 Å². The molecule has 21 heteroatoms. The fourth-order valence-electron chi connectivity index (χ4n) is 4.79. The number of carbonyl (C=O) groups excluding carboxylic acids is 2. The minimum atomic E-state index is -4.87. The molecular formula is C26H36ClN7O11P2. The van der Waals surface area contributed by atoms with Gasteiger partial charge in [0.1, 0.15) is 18.3 Å². The third-order valence-electron chi connectivity index (χ3n) is 7.10. The van der Waals surface area contributed by atoms with Gasteiger partial charge in [-0.3, -0.25) is 23.3 Å². The highest BCUT2D eigenvalue weighted by molar-refractivity contribution is 7.70. The molecule has 8 N–H and O–H groups in total. The van der Waals surface area contributed by atoms with Crippen LogP contribution in [-0.4, -0.2) is 101 Å². The highest BCUT2D eigenvalue weighted by Gasteiger charge is 2.45. The summed E-state index contributed by atoms with van der Waals surface area (Å²) in [6, 6.07) is 6.94. The van der Waals surface area contributed by atoms with Crippen LogP contribution in [0.5, 0.6) is 0 Å². The Kier molecular flexibility index (Phi) is 12.8. The molecule has 47 heavy (non-hydrogen) atoms. The summed E-state index contributed by atoms with van der Waals surface area (Å²) in [5.41, 5.74) is 1.69. The highest BCUT2D eigenvalue weighted by atomic mass is 35.5. The molecule has 258 valence electrons. The van der Waals surface area contributed by atoms with Crippen molar-refractivity contribution in [1.82, 2.24) is 30.2 Å². The Balaban J connectivity index is 1.34. The zero-order valence-corrected chi connectivity index (χ0v) is 27.4. The number of carbonyl (C=O) groups is 2. The number of unbranched alkanes of at least 4 members (excludes halogenated alkanes) is 3. The van der Waals surface area contributed by atoms with E-state index in [0.717, 1.165) is 31.2 Å². The lowest BCUT2D eigenvalue weighted by molar-refractivity contribution is -0.109. The van der Waals surface area contributed by atoms with Crippen molar-refractivity contribution in [2.45, 2.75) is 56.8 Å². The number of amides is 2. The molecule has 0 radical (unpaired) electrons. The number of ether oxygens (including phenoxy) is 1. The second-order valence-corrected chi connectivity index (χ2v) is 15.1. The lowest BCUT2D eigenvalue weighted by Crippen LogP contribution is -2.33. The lowest BCUT2D eigenvalue weighted by Gasteiger charge is -2.18. The molecule has 3 aromatic rings. The van der Waals surface area contributed by atoms with Crippen molar-refractivity contribution in [3.63, 3.8) is 0 Å². The molecule has 4 rings (SSSR count). The number of anilines is 1. The Labute approximate surface area is 273 Å². The summed E-state index contributed by atoms with van der Waals surface area (Å²) in [6.07, 6.45) is -0.233. The summed E-state index contributed by atoms with van der Waals surface area (Å²) in [4.78, 5) is 63.0. The van der Waals surface area contributed by atoms with Crippen LogP contribution >= 0.6 is 26.8 Å². The quantitative estimate of drug-likeness (QED) is 0.0396. The largest absolute Gasteiger partial charge is 0.387 e. The molecule has 1 aliphatic rings. The van der Waals surface area contributed by atoms with Gasteiger partial charge in [-0.15, -0.1) is 0 Å². The van der Waals surface area contributed by atoms with Gasteiger partial charge < -0.3 is 50.1 Å². The van der Waals surface area contributed by atoms with Gasteiger partial charge in [0.25, 0.3) is 5.91 Å². The van der Waals surface area contributed by atoms with Crippen LogP contribution in [0.2, 0.25) is 5.28 Å². The Morgan fingerprint density at radius 3 is 2.43 bits per heavy atom. The van der Waals surface area contributed by atoms with Gasteiger partial charge in [0.05, 0.1) is 12.9 Å². The molecule has 2 amide bonds. The molecule has 3 unspecified atom stereocenters. The van der Waals surface area contributed by atoms with E-state index in [2.05, 4.69) is 30.9 Å². The van der Waals surface area contributed by atoms with Crippen LogP contribution in [0.3, 0.4) is 0 Å². The van der Waals surface area contributed by atoms with Gasteiger partial charge in [-0.25, -0.2) is 4.98 Å². The van der Waals surface area contributed by atoms with Crippen LogP contribution < -0.4 is 16.0 Å². The molecule has 0 spiro atoms. The highest BCUT2D eigenvalue weighted by Crippen LogP contribution is 2.55. The maximum Gasteiger partial charge on any atom is 0.340 e. The maximum atomic E-state index is 12.5. The molecule has 1 saturated heterocycles. The molecule has 1 aliphatic heterocycles. The van der Waals surface area contributed by atoms with E-state index in [-0.39, 0.29) is 34.7 Å². The number of aliphatic hydroxyl groups excluding tert-OH is 2. The monoisotopic (exact) mass is 719 g/mol. The predicted molar refractivity (Wildman–Crippen MR) is 168 cm³/mol. The fraction of sp³-hybridized carbons (Fsp3) is 0.500. The molecule has 5 atom stereocenters. The first-order valence-electron chi connectivity index (χ1n) is 14.5. The number of aromatic nitrogens is 4. The van der Waals surface area contributed by atoms with Crippen molar-refractivity contribution < 1.29 is 52.9 Å². The lowest BCUT2D eigenvalue weighted by atomic mass is 10.1. The van der Waals surface area contributed by atoms with Crippen molar-refractivity contribution >= 4 is 56.1 Å². The minimum Gasteiger partial charge on any atom is -0.387 e. The van der Waals surface area contributed by atoms with Crippen molar-refractivity contribution in [1.29, 1.82) is 0 Å². The van der Waals surface area contributed by atoms with E-state index >= 15 is 0 Å². The normalized spacial score (nSPS) is 21.0. The standard InChI is InChI=1S/C26H36ClN7O11P2/c27-26-32-22(30-11-16-5-7-17(8-6-16)24(38)29-10-4-2-1-3-9-28-14-35)19-23(33-26)34(13-31-19)25-21(37)20(36)18(45-25)12-44-47(42,43)15-46(39,40)41/h5-8,13-14,18,20-21,25,36-37H,1-4,9-12,15H2,(H,28,35)(H,29,38)(H,42,43)(H,30,32,33)(H2,39,40,41)/t18-,20?,21?,25-/m1/s1. The summed E-state index contributed by atoms with van der Waals surface area (Å²) in [7, 11) is -9.59. The number of hydrogen-bond acceptors (Lipinski definition) is 12. The number of nitrogens with one attached hydrogen (secondary N) is 3. The zero-order valence-electron chi connectivity index (χ0n) is 24.9. The average Bonchev–Trinajstić information content (AvgIpc) is 3.55. The first-order chi connectivity index (χ1) is 22.3. The number of aliphatic hydroxyl groups is 2. The molecule has 0 bridgehead atoms. The number of halogens is 1. The van der Waals surface area contributed by atoms with E-state index in [4.69, 9.17) is 30.6 Å². The molecule has 1 fully saturated rings. The van der Waals surface area contributed by atoms with Crippen LogP contribution in [0.1, 0.15) is 47.8 Å². The summed E-state index contributed by atoms with van der Waals surface area (Å²) in [5, 5.41) is 29.6. The average molecular weight is 720 g/mol. The maximum absolute atomic E-state index is 12.5. The number of hydrogen-bond donors (Lipinski definition) is 8. The second-order valence-electron chi connectivity index (χ2n) is 10.7. The van der Waals surface area contributed by atoms with Crippen LogP contribution in [-0.2, 0) is 29.7 Å². The number of rotatable bonds is 18. The molecular weight excluding hydrogens is 684 g/mol. The van der Waals surface area contributed by atoms with E-state index in [0.29, 0.717) is 25.1 Å². The molecule has 1 aromatic carbocycles. The molecule has 18 nitrogen and oxygen atoms in total. The third kappa shape index (κ3) is 10.5. The van der Waals surface area contributed by atoms with Crippen LogP contribution in [0.4, 0.5) is 5.82 Å².